The Kier molecular flexibility index (Phi) is 4.25. The first-order valence-corrected chi connectivity index (χ1v) is 4.57. The number of carbonyl (C=O) groups is 2. The third-order valence-corrected chi connectivity index (χ3v) is 1.87. The Balaban J connectivity index is 0.000000132. The van der Waals surface area contributed by atoms with Crippen molar-refractivity contribution >= 4 is 11.9 Å². The number of piperidine rings is 1. The molecule has 74 valence electrons. The number of urea groups is 1. The van der Waals surface area contributed by atoms with Crippen molar-refractivity contribution in [3.63, 3.8) is 0 Å². The van der Waals surface area contributed by atoms with E-state index in [1.165, 1.54) is 32.4 Å². The van der Waals surface area contributed by atoms with E-state index < -0.39 is 6.03 Å². The lowest BCUT2D eigenvalue weighted by Crippen LogP contribution is -2.22. The van der Waals surface area contributed by atoms with Crippen LogP contribution in [0.5, 0.6) is 0 Å². The molecule has 3 N–H and O–H groups in total. The average molecular weight is 185 g/mol. The summed E-state index contributed by atoms with van der Waals surface area (Å²) in [6.45, 7) is 2.62. The second kappa shape index (κ2) is 5.53. The van der Waals surface area contributed by atoms with Gasteiger partial charge in [0.05, 0.1) is 6.54 Å². The highest BCUT2D eigenvalue weighted by Gasteiger charge is 2.14. The van der Waals surface area contributed by atoms with Gasteiger partial charge in [-0.15, -0.1) is 0 Å². The predicted molar refractivity (Wildman–Crippen MR) is 48.3 cm³/mol. The molecule has 2 aliphatic rings. The number of nitrogens with one attached hydrogen (secondary N) is 3. The molecule has 2 fully saturated rings. The molecular weight excluding hydrogens is 170 g/mol. The number of imide groups is 1. The lowest BCUT2D eigenvalue weighted by atomic mass is 10.2. The van der Waals surface area contributed by atoms with Gasteiger partial charge in [0.15, 0.2) is 0 Å². The van der Waals surface area contributed by atoms with Gasteiger partial charge in [0.25, 0.3) is 0 Å². The second-order valence-corrected chi connectivity index (χ2v) is 3.04. The van der Waals surface area contributed by atoms with Crippen LogP contribution in [0.2, 0.25) is 0 Å². The van der Waals surface area contributed by atoms with Crippen molar-refractivity contribution in [1.82, 2.24) is 16.0 Å². The van der Waals surface area contributed by atoms with E-state index in [4.69, 9.17) is 0 Å². The molecule has 5 heteroatoms. The Hall–Kier alpha value is -1.10. The minimum Gasteiger partial charge on any atom is -0.329 e. The van der Waals surface area contributed by atoms with Crippen molar-refractivity contribution in [1.29, 1.82) is 0 Å². The van der Waals surface area contributed by atoms with Crippen molar-refractivity contribution in [3.8, 4) is 0 Å². The van der Waals surface area contributed by atoms with Crippen molar-refractivity contribution < 1.29 is 9.59 Å². The normalized spacial score (nSPS) is 21.2. The van der Waals surface area contributed by atoms with E-state index in [-0.39, 0.29) is 12.5 Å². The monoisotopic (exact) mass is 185 g/mol. The van der Waals surface area contributed by atoms with Crippen LogP contribution in [0.15, 0.2) is 0 Å². The Labute approximate surface area is 77.3 Å². The van der Waals surface area contributed by atoms with E-state index in [9.17, 15) is 9.59 Å². The largest absolute Gasteiger partial charge is 0.329 e. The zero-order valence-electron chi connectivity index (χ0n) is 7.56. The third-order valence-electron chi connectivity index (χ3n) is 1.87. The molecule has 0 aromatic rings. The maximum absolute atomic E-state index is 10.1. The van der Waals surface area contributed by atoms with Gasteiger partial charge in [0.2, 0.25) is 5.91 Å². The third kappa shape index (κ3) is 4.47. The molecule has 0 aromatic carbocycles. The van der Waals surface area contributed by atoms with E-state index in [1.54, 1.807) is 0 Å². The van der Waals surface area contributed by atoms with Gasteiger partial charge in [-0.3, -0.25) is 10.1 Å². The lowest BCUT2D eigenvalue weighted by Gasteiger charge is -2.08. The molecule has 0 radical (unpaired) electrons. The molecule has 0 atom stereocenters. The van der Waals surface area contributed by atoms with Crippen molar-refractivity contribution in [3.05, 3.63) is 0 Å². The first kappa shape index (κ1) is 9.98. The lowest BCUT2D eigenvalue weighted by molar-refractivity contribution is -0.117. The zero-order chi connectivity index (χ0) is 9.52. The number of hydrogen-bond donors (Lipinski definition) is 3. The molecule has 0 bridgehead atoms. The van der Waals surface area contributed by atoms with E-state index in [2.05, 4.69) is 10.6 Å². The summed E-state index contributed by atoms with van der Waals surface area (Å²) in [5.74, 6) is -0.259. The van der Waals surface area contributed by atoms with Gasteiger partial charge < -0.3 is 10.6 Å². The molecule has 13 heavy (non-hydrogen) atoms. The minimum absolute atomic E-state index is 0.124. The van der Waals surface area contributed by atoms with Crippen LogP contribution in [0.3, 0.4) is 0 Å². The summed E-state index contributed by atoms with van der Waals surface area (Å²) < 4.78 is 0. The maximum Gasteiger partial charge on any atom is 0.321 e. The van der Waals surface area contributed by atoms with Gasteiger partial charge >= 0.3 is 6.03 Å². The molecular formula is C8H15N3O2. The average Bonchev–Trinajstić information content (AvgIpc) is 2.54. The van der Waals surface area contributed by atoms with Crippen molar-refractivity contribution in [2.24, 2.45) is 0 Å². The number of rotatable bonds is 0. The molecule has 0 spiro atoms. The summed E-state index contributed by atoms with van der Waals surface area (Å²) in [7, 11) is 0. The van der Waals surface area contributed by atoms with Crippen LogP contribution in [-0.2, 0) is 4.79 Å². The smallest absolute Gasteiger partial charge is 0.321 e. The van der Waals surface area contributed by atoms with Gasteiger partial charge in [0, 0.05) is 0 Å². The molecule has 0 aliphatic carbocycles. The summed E-state index contributed by atoms with van der Waals surface area (Å²) in [6.07, 6.45) is 4.22. The minimum atomic E-state index is -0.398. The SMILES string of the molecule is C1CCNCC1.O=C1CNC(=O)N1. The van der Waals surface area contributed by atoms with Gasteiger partial charge in [-0.2, -0.15) is 0 Å². The van der Waals surface area contributed by atoms with E-state index in [0.717, 1.165) is 0 Å². The first-order chi connectivity index (χ1) is 6.29. The Morgan fingerprint density at radius 3 is 1.85 bits per heavy atom. The van der Waals surface area contributed by atoms with Gasteiger partial charge in [-0.1, -0.05) is 6.42 Å². The van der Waals surface area contributed by atoms with Crippen LogP contribution in [0.25, 0.3) is 0 Å². The Bertz CT molecular complexity index is 164. The highest BCUT2D eigenvalue weighted by atomic mass is 16.2. The van der Waals surface area contributed by atoms with Crippen molar-refractivity contribution in [2.45, 2.75) is 19.3 Å². The van der Waals surface area contributed by atoms with Crippen LogP contribution in [-0.4, -0.2) is 31.6 Å². The summed E-state index contributed by atoms with van der Waals surface area (Å²) >= 11 is 0. The predicted octanol–water partition coefficient (Wildman–Crippen LogP) is -0.414. The Morgan fingerprint density at radius 1 is 1.00 bits per heavy atom. The number of carbonyl (C=O) groups excluding carboxylic acids is 2. The summed E-state index contributed by atoms with van der Waals surface area (Å²) in [4.78, 5) is 20.1. The maximum atomic E-state index is 10.1. The van der Waals surface area contributed by atoms with Crippen LogP contribution in [0.1, 0.15) is 19.3 Å². The van der Waals surface area contributed by atoms with Gasteiger partial charge in [-0.05, 0) is 25.9 Å². The molecule has 0 unspecified atom stereocenters. The highest BCUT2D eigenvalue weighted by Crippen LogP contribution is 1.96. The first-order valence-electron chi connectivity index (χ1n) is 4.57. The fourth-order valence-corrected chi connectivity index (χ4v) is 1.18. The molecule has 2 rings (SSSR count). The number of amides is 3. The standard InChI is InChI=1S/C5H11N.C3H4N2O2/c1-2-4-6-5-3-1;6-2-1-4-3(7)5-2/h6H,1-5H2;1H2,(H2,4,5,6,7). The number of hydrogen-bond acceptors (Lipinski definition) is 3. The van der Waals surface area contributed by atoms with Crippen molar-refractivity contribution in [2.75, 3.05) is 19.6 Å². The Morgan fingerprint density at radius 2 is 1.69 bits per heavy atom. The molecule has 2 aliphatic heterocycles. The summed E-state index contributed by atoms with van der Waals surface area (Å²) in [5, 5.41) is 7.58. The quantitative estimate of drug-likeness (QED) is 0.449. The van der Waals surface area contributed by atoms with Crippen LogP contribution < -0.4 is 16.0 Å². The van der Waals surface area contributed by atoms with Crippen LogP contribution in [0, 0.1) is 0 Å². The fraction of sp³-hybridized carbons (Fsp3) is 0.750. The molecule has 0 aromatic heterocycles. The summed E-state index contributed by atoms with van der Waals surface area (Å²) in [6, 6.07) is -0.398. The fourth-order valence-electron chi connectivity index (χ4n) is 1.18. The molecule has 2 saturated heterocycles. The topological polar surface area (TPSA) is 70.2 Å². The zero-order valence-corrected chi connectivity index (χ0v) is 7.56. The highest BCUT2D eigenvalue weighted by molar-refractivity contribution is 6.01. The second-order valence-electron chi connectivity index (χ2n) is 3.04. The summed E-state index contributed by atoms with van der Waals surface area (Å²) in [5.41, 5.74) is 0. The van der Waals surface area contributed by atoms with E-state index in [1.807, 2.05) is 5.32 Å². The van der Waals surface area contributed by atoms with Crippen LogP contribution >= 0.6 is 0 Å². The van der Waals surface area contributed by atoms with E-state index in [0.29, 0.717) is 0 Å². The molecule has 3 amide bonds. The molecule has 2 heterocycles. The molecule has 0 saturated carbocycles. The van der Waals surface area contributed by atoms with Crippen LogP contribution in [0.4, 0.5) is 4.79 Å². The van der Waals surface area contributed by atoms with Gasteiger partial charge in [-0.25, -0.2) is 4.79 Å². The van der Waals surface area contributed by atoms with E-state index >= 15 is 0 Å². The molecule has 5 nitrogen and oxygen atoms in total. The van der Waals surface area contributed by atoms with Gasteiger partial charge in [0.1, 0.15) is 0 Å².